The molecule has 0 aliphatic carbocycles. The van der Waals surface area contributed by atoms with Gasteiger partial charge in [-0.2, -0.15) is 0 Å². The van der Waals surface area contributed by atoms with Gasteiger partial charge in [0.2, 0.25) is 5.54 Å². The number of aromatic nitrogens is 1. The van der Waals surface area contributed by atoms with Crippen LogP contribution >= 0.6 is 0 Å². The number of fused-ring (bicyclic) bond motifs is 1. The lowest BCUT2D eigenvalue weighted by Gasteiger charge is -2.27. The number of nitrogens with zero attached hydrogens (tertiary/aromatic N) is 1. The highest BCUT2D eigenvalue weighted by Crippen LogP contribution is 2.40. The number of unbranched alkanes of at least 4 members (excludes halogenated alkanes) is 2. The minimum Gasteiger partial charge on any atom is -0.358 e. The molecule has 1 aromatic heterocycles. The van der Waals surface area contributed by atoms with Crippen LogP contribution in [0.25, 0.3) is 10.9 Å². The Hall–Kier alpha value is -1.84. The number of nitrogens with one attached hydrogen (secondary N) is 1. The molecular weight excluding hydrogens is 276 g/mol. The van der Waals surface area contributed by atoms with E-state index in [0.717, 1.165) is 47.8 Å². The molecule has 4 nitrogen and oxygen atoms in total. The van der Waals surface area contributed by atoms with E-state index in [4.69, 9.17) is 0 Å². The predicted molar refractivity (Wildman–Crippen MR) is 91.0 cm³/mol. The van der Waals surface area contributed by atoms with Gasteiger partial charge in [0.1, 0.15) is 0 Å². The van der Waals surface area contributed by atoms with Crippen molar-refractivity contribution in [1.82, 2.24) is 4.98 Å². The third-order valence-corrected chi connectivity index (χ3v) is 4.71. The molecule has 1 unspecified atom stereocenters. The normalized spacial score (nSPS) is 13.5. The molecular formula is C18H26N2O2. The molecule has 1 heterocycles. The Morgan fingerprint density at radius 3 is 2.59 bits per heavy atom. The number of H-pyrrole nitrogens is 1. The molecule has 0 aliphatic rings. The number of aromatic amines is 1. The molecule has 0 fully saturated rings. The largest absolute Gasteiger partial charge is 0.358 e. The van der Waals surface area contributed by atoms with Crippen LogP contribution in [0.4, 0.5) is 0 Å². The van der Waals surface area contributed by atoms with Gasteiger partial charge in [0.05, 0.1) is 5.92 Å². The Balaban J connectivity index is 2.51. The van der Waals surface area contributed by atoms with Gasteiger partial charge >= 0.3 is 0 Å². The van der Waals surface area contributed by atoms with Crippen LogP contribution < -0.4 is 0 Å². The fourth-order valence-corrected chi connectivity index (χ4v) is 3.32. The molecule has 22 heavy (non-hydrogen) atoms. The summed E-state index contributed by atoms with van der Waals surface area (Å²) in [5, 5.41) is 12.8. The molecule has 0 bridgehead atoms. The Morgan fingerprint density at radius 1 is 1.27 bits per heavy atom. The van der Waals surface area contributed by atoms with E-state index in [0.29, 0.717) is 0 Å². The summed E-state index contributed by atoms with van der Waals surface area (Å²) in [4.78, 5) is 14.9. The van der Waals surface area contributed by atoms with Gasteiger partial charge in [-0.1, -0.05) is 44.4 Å². The zero-order valence-electron chi connectivity index (χ0n) is 14.0. The van der Waals surface area contributed by atoms with E-state index in [1.54, 1.807) is 13.8 Å². The molecule has 4 heteroatoms. The van der Waals surface area contributed by atoms with Gasteiger partial charge in [0.15, 0.2) is 0 Å². The molecule has 2 aromatic rings. The van der Waals surface area contributed by atoms with Gasteiger partial charge in [-0.15, -0.1) is 0 Å². The molecule has 0 aliphatic heterocycles. The van der Waals surface area contributed by atoms with Crippen LogP contribution in [0.5, 0.6) is 0 Å². The Kier molecular flexibility index (Phi) is 4.89. The molecule has 0 saturated carbocycles. The highest BCUT2D eigenvalue weighted by Gasteiger charge is 2.43. The maximum absolute atomic E-state index is 11.6. The molecule has 0 spiro atoms. The van der Waals surface area contributed by atoms with Gasteiger partial charge in [-0.3, -0.25) is 10.1 Å². The number of hydrogen-bond donors (Lipinski definition) is 1. The molecule has 0 radical (unpaired) electrons. The summed E-state index contributed by atoms with van der Waals surface area (Å²) in [7, 11) is 0. The topological polar surface area (TPSA) is 58.9 Å². The zero-order valence-corrected chi connectivity index (χ0v) is 14.0. The standard InChI is InChI=1S/C18H26N2O2/c1-5-6-7-11-15(18(3,4)20(21)22)17-13(2)19-16-12-9-8-10-14(16)17/h8-10,12,15,19H,5-7,11H2,1-4H3. The van der Waals surface area contributed by atoms with Crippen molar-refractivity contribution < 1.29 is 4.92 Å². The molecule has 120 valence electrons. The van der Waals surface area contributed by atoms with E-state index in [1.807, 2.05) is 25.1 Å². The maximum Gasteiger partial charge on any atom is 0.223 e. The monoisotopic (exact) mass is 302 g/mol. The van der Waals surface area contributed by atoms with Gasteiger partial charge in [-0.05, 0) is 25.0 Å². The summed E-state index contributed by atoms with van der Waals surface area (Å²) in [5.74, 6) is -0.0785. The number of nitro groups is 1. The Bertz CT molecular complexity index is 658. The van der Waals surface area contributed by atoms with E-state index in [2.05, 4.69) is 18.0 Å². The van der Waals surface area contributed by atoms with E-state index in [9.17, 15) is 10.1 Å². The van der Waals surface area contributed by atoms with Crippen LogP contribution in [0.1, 0.15) is 63.6 Å². The third-order valence-electron chi connectivity index (χ3n) is 4.71. The van der Waals surface area contributed by atoms with Crippen molar-refractivity contribution in [3.8, 4) is 0 Å². The highest BCUT2D eigenvalue weighted by molar-refractivity contribution is 5.85. The second-order valence-electron chi connectivity index (χ2n) is 6.67. The van der Waals surface area contributed by atoms with E-state index >= 15 is 0 Å². The van der Waals surface area contributed by atoms with Crippen molar-refractivity contribution in [2.45, 2.75) is 64.8 Å². The lowest BCUT2D eigenvalue weighted by molar-refractivity contribution is -0.565. The van der Waals surface area contributed by atoms with E-state index in [-0.39, 0.29) is 10.8 Å². The number of aryl methyl sites for hydroxylation is 1. The van der Waals surface area contributed by atoms with Crippen LogP contribution in [0.15, 0.2) is 24.3 Å². The first-order chi connectivity index (χ1) is 10.4. The minimum absolute atomic E-state index is 0.0785. The van der Waals surface area contributed by atoms with Crippen LogP contribution in [0.2, 0.25) is 0 Å². The van der Waals surface area contributed by atoms with Crippen LogP contribution in [-0.2, 0) is 0 Å². The summed E-state index contributed by atoms with van der Waals surface area (Å²) >= 11 is 0. The van der Waals surface area contributed by atoms with Crippen molar-refractivity contribution in [2.75, 3.05) is 0 Å². The highest BCUT2D eigenvalue weighted by atomic mass is 16.6. The van der Waals surface area contributed by atoms with Crippen molar-refractivity contribution in [2.24, 2.45) is 0 Å². The van der Waals surface area contributed by atoms with E-state index < -0.39 is 5.54 Å². The molecule has 1 N–H and O–H groups in total. The summed E-state index contributed by atoms with van der Waals surface area (Å²) in [5.41, 5.74) is 2.27. The smallest absolute Gasteiger partial charge is 0.223 e. The van der Waals surface area contributed by atoms with Crippen LogP contribution in [0, 0.1) is 17.0 Å². The molecule has 2 rings (SSSR count). The fraction of sp³-hybridized carbons (Fsp3) is 0.556. The van der Waals surface area contributed by atoms with E-state index in [1.165, 1.54) is 0 Å². The van der Waals surface area contributed by atoms with Crippen molar-refractivity contribution in [1.29, 1.82) is 0 Å². The number of rotatable bonds is 7. The molecule has 0 amide bonds. The van der Waals surface area contributed by atoms with Crippen molar-refractivity contribution >= 4 is 10.9 Å². The van der Waals surface area contributed by atoms with Gasteiger partial charge in [-0.25, -0.2) is 0 Å². The van der Waals surface area contributed by atoms with Gasteiger partial charge in [0, 0.05) is 35.4 Å². The molecule has 1 atom stereocenters. The first kappa shape index (κ1) is 16.5. The number of hydrogen-bond acceptors (Lipinski definition) is 2. The summed E-state index contributed by atoms with van der Waals surface area (Å²) in [6.45, 7) is 7.69. The van der Waals surface area contributed by atoms with Crippen molar-refractivity contribution in [3.05, 3.63) is 45.6 Å². The maximum atomic E-state index is 11.6. The van der Waals surface area contributed by atoms with Crippen LogP contribution in [0.3, 0.4) is 0 Å². The second kappa shape index (κ2) is 6.51. The zero-order chi connectivity index (χ0) is 16.3. The minimum atomic E-state index is -0.969. The fourth-order valence-electron chi connectivity index (χ4n) is 3.32. The quantitative estimate of drug-likeness (QED) is 0.434. The SMILES string of the molecule is CCCCCC(c1c(C)[nH]c2ccccc12)C(C)(C)[N+](=O)[O-]. The lowest BCUT2D eigenvalue weighted by atomic mass is 9.78. The average Bonchev–Trinajstić information content (AvgIpc) is 2.79. The summed E-state index contributed by atoms with van der Waals surface area (Å²) < 4.78 is 0. The van der Waals surface area contributed by atoms with Crippen LogP contribution in [-0.4, -0.2) is 15.4 Å². The first-order valence-corrected chi connectivity index (χ1v) is 8.11. The number of benzene rings is 1. The van der Waals surface area contributed by atoms with Crippen molar-refractivity contribution in [3.63, 3.8) is 0 Å². The first-order valence-electron chi connectivity index (χ1n) is 8.11. The molecule has 0 saturated heterocycles. The summed E-state index contributed by atoms with van der Waals surface area (Å²) in [6, 6.07) is 8.10. The summed E-state index contributed by atoms with van der Waals surface area (Å²) in [6.07, 6.45) is 4.12. The number of para-hydroxylation sites is 1. The lowest BCUT2D eigenvalue weighted by Crippen LogP contribution is -2.38. The average molecular weight is 302 g/mol. The van der Waals surface area contributed by atoms with Gasteiger partial charge < -0.3 is 4.98 Å². The third kappa shape index (κ3) is 3.01. The predicted octanol–water partition coefficient (Wildman–Crippen LogP) is 5.20. The van der Waals surface area contributed by atoms with Gasteiger partial charge in [0.25, 0.3) is 0 Å². The second-order valence-corrected chi connectivity index (χ2v) is 6.67. The molecule has 1 aromatic carbocycles. The Labute approximate surface area is 132 Å². The Morgan fingerprint density at radius 2 is 1.95 bits per heavy atom.